The number of hydrogen-bond acceptors (Lipinski definition) is 5. The van der Waals surface area contributed by atoms with Crippen molar-refractivity contribution in [1.29, 1.82) is 0 Å². The number of hydrogen-bond donors (Lipinski definition) is 2. The van der Waals surface area contributed by atoms with Crippen LogP contribution in [0.2, 0.25) is 0 Å². The SMILES string of the molecule is CC(C)(C)OC(=O)/N=C/c1cc(N)ccc1CCOc1cccc(N)c1. The van der Waals surface area contributed by atoms with Gasteiger partial charge in [-0.1, -0.05) is 12.1 Å². The standard InChI is InChI=1S/C20H25N3O3/c1-20(2,3)26-19(24)23-13-15-11-17(22)8-7-14(15)9-10-25-18-6-4-5-16(21)12-18/h4-8,11-13H,9-10,21-22H2,1-3H3/b23-13+. The van der Waals surface area contributed by atoms with Gasteiger partial charge in [0.15, 0.2) is 0 Å². The first kappa shape index (κ1) is 19.3. The second-order valence-corrected chi connectivity index (χ2v) is 6.87. The third-order valence-electron chi connectivity index (χ3n) is 3.37. The molecule has 26 heavy (non-hydrogen) atoms. The molecule has 2 aromatic carbocycles. The molecule has 4 N–H and O–H groups in total. The van der Waals surface area contributed by atoms with Gasteiger partial charge in [0, 0.05) is 30.1 Å². The summed E-state index contributed by atoms with van der Waals surface area (Å²) in [5, 5.41) is 0. The summed E-state index contributed by atoms with van der Waals surface area (Å²) in [6.07, 6.45) is 1.47. The Kier molecular flexibility index (Phi) is 6.22. The van der Waals surface area contributed by atoms with Crippen LogP contribution in [0.5, 0.6) is 5.75 Å². The first-order chi connectivity index (χ1) is 12.2. The van der Waals surface area contributed by atoms with Gasteiger partial charge in [0.1, 0.15) is 11.4 Å². The molecule has 0 atom stereocenters. The van der Waals surface area contributed by atoms with Crippen LogP contribution in [0.4, 0.5) is 16.2 Å². The van der Waals surface area contributed by atoms with E-state index in [-0.39, 0.29) is 0 Å². The molecule has 6 heteroatoms. The first-order valence-electron chi connectivity index (χ1n) is 8.37. The number of anilines is 2. The highest BCUT2D eigenvalue weighted by Crippen LogP contribution is 2.17. The Hall–Kier alpha value is -3.02. The molecule has 0 bridgehead atoms. The molecular formula is C20H25N3O3. The molecule has 0 saturated heterocycles. The van der Waals surface area contributed by atoms with Gasteiger partial charge in [-0.25, -0.2) is 4.79 Å². The Morgan fingerprint density at radius 2 is 1.85 bits per heavy atom. The van der Waals surface area contributed by atoms with Gasteiger partial charge < -0.3 is 20.9 Å². The molecule has 0 aliphatic carbocycles. The van der Waals surface area contributed by atoms with Crippen molar-refractivity contribution in [3.05, 3.63) is 53.6 Å². The van der Waals surface area contributed by atoms with Crippen LogP contribution in [-0.4, -0.2) is 24.5 Å². The Morgan fingerprint density at radius 3 is 2.54 bits per heavy atom. The van der Waals surface area contributed by atoms with E-state index in [0.29, 0.717) is 30.2 Å². The van der Waals surface area contributed by atoms with Crippen molar-refractivity contribution in [2.75, 3.05) is 18.1 Å². The third-order valence-corrected chi connectivity index (χ3v) is 3.37. The number of benzene rings is 2. The van der Waals surface area contributed by atoms with Crippen molar-refractivity contribution in [3.8, 4) is 5.75 Å². The second kappa shape index (κ2) is 8.38. The summed E-state index contributed by atoms with van der Waals surface area (Å²) < 4.78 is 10.9. The van der Waals surface area contributed by atoms with E-state index in [1.165, 1.54) is 6.21 Å². The van der Waals surface area contributed by atoms with Crippen LogP contribution in [0.25, 0.3) is 0 Å². The van der Waals surface area contributed by atoms with Gasteiger partial charge in [-0.3, -0.25) is 0 Å². The van der Waals surface area contributed by atoms with E-state index in [0.717, 1.165) is 11.1 Å². The molecule has 0 unspecified atom stereocenters. The minimum absolute atomic E-state index is 0.459. The zero-order valence-electron chi connectivity index (χ0n) is 15.4. The molecule has 0 heterocycles. The van der Waals surface area contributed by atoms with Crippen molar-refractivity contribution in [1.82, 2.24) is 0 Å². The quantitative estimate of drug-likeness (QED) is 0.627. The largest absolute Gasteiger partial charge is 0.493 e. The van der Waals surface area contributed by atoms with Gasteiger partial charge in [0.05, 0.1) is 6.61 Å². The summed E-state index contributed by atoms with van der Waals surface area (Å²) in [7, 11) is 0. The van der Waals surface area contributed by atoms with Gasteiger partial charge >= 0.3 is 6.09 Å². The molecule has 2 aromatic rings. The van der Waals surface area contributed by atoms with Gasteiger partial charge in [0.25, 0.3) is 0 Å². The number of rotatable bonds is 5. The summed E-state index contributed by atoms with van der Waals surface area (Å²) in [5.74, 6) is 0.712. The van der Waals surface area contributed by atoms with Crippen molar-refractivity contribution in [2.45, 2.75) is 32.8 Å². The number of aliphatic imine (C=N–C) groups is 1. The van der Waals surface area contributed by atoms with Gasteiger partial charge in [-0.2, -0.15) is 4.99 Å². The molecule has 0 fully saturated rings. The second-order valence-electron chi connectivity index (χ2n) is 6.87. The lowest BCUT2D eigenvalue weighted by molar-refractivity contribution is 0.0605. The zero-order chi connectivity index (χ0) is 19.2. The maximum atomic E-state index is 11.8. The number of carbonyl (C=O) groups excluding carboxylic acids is 1. The Labute approximate surface area is 153 Å². The minimum Gasteiger partial charge on any atom is -0.493 e. The van der Waals surface area contributed by atoms with Gasteiger partial charge in [0.2, 0.25) is 0 Å². The van der Waals surface area contributed by atoms with Gasteiger partial charge in [-0.15, -0.1) is 0 Å². The monoisotopic (exact) mass is 355 g/mol. The zero-order valence-corrected chi connectivity index (χ0v) is 15.4. The Balaban J connectivity index is 2.03. The van der Waals surface area contributed by atoms with Crippen LogP contribution in [0.3, 0.4) is 0 Å². The highest BCUT2D eigenvalue weighted by molar-refractivity contribution is 5.91. The fourth-order valence-corrected chi connectivity index (χ4v) is 2.25. The summed E-state index contributed by atoms with van der Waals surface area (Å²) in [5.41, 5.74) is 14.0. The highest BCUT2D eigenvalue weighted by Gasteiger charge is 2.15. The number of nitrogens with two attached hydrogens (primary N) is 2. The maximum absolute atomic E-state index is 11.8. The normalized spacial score (nSPS) is 11.5. The predicted molar refractivity (Wildman–Crippen MR) is 105 cm³/mol. The van der Waals surface area contributed by atoms with E-state index in [9.17, 15) is 4.79 Å². The molecule has 6 nitrogen and oxygen atoms in total. The van der Waals surface area contributed by atoms with Crippen LogP contribution in [0, 0.1) is 0 Å². The number of nitrogen functional groups attached to an aromatic ring is 2. The molecule has 138 valence electrons. The summed E-state index contributed by atoms with van der Waals surface area (Å²) in [6.45, 7) is 5.83. The van der Waals surface area contributed by atoms with Crippen molar-refractivity contribution < 1.29 is 14.3 Å². The van der Waals surface area contributed by atoms with E-state index in [4.69, 9.17) is 20.9 Å². The van der Waals surface area contributed by atoms with Crippen LogP contribution in [0.1, 0.15) is 31.9 Å². The maximum Gasteiger partial charge on any atom is 0.434 e. The first-order valence-corrected chi connectivity index (χ1v) is 8.37. The fourth-order valence-electron chi connectivity index (χ4n) is 2.25. The fraction of sp³-hybridized carbons (Fsp3) is 0.300. The lowest BCUT2D eigenvalue weighted by Gasteiger charge is -2.17. The molecule has 2 rings (SSSR count). The van der Waals surface area contributed by atoms with Crippen molar-refractivity contribution in [3.63, 3.8) is 0 Å². The molecule has 0 spiro atoms. The molecule has 0 aliphatic rings. The average Bonchev–Trinajstić information content (AvgIpc) is 2.53. The molecule has 0 aliphatic heterocycles. The minimum atomic E-state index is -0.637. The smallest absolute Gasteiger partial charge is 0.434 e. The van der Waals surface area contributed by atoms with Crippen LogP contribution < -0.4 is 16.2 Å². The topological polar surface area (TPSA) is 99.9 Å². The Morgan fingerprint density at radius 1 is 1.12 bits per heavy atom. The van der Waals surface area contributed by atoms with E-state index in [1.807, 2.05) is 18.2 Å². The predicted octanol–water partition coefficient (Wildman–Crippen LogP) is 3.83. The van der Waals surface area contributed by atoms with Crippen LogP contribution >= 0.6 is 0 Å². The lowest BCUT2D eigenvalue weighted by Crippen LogP contribution is -2.22. The van der Waals surface area contributed by atoms with E-state index in [1.54, 1.807) is 45.0 Å². The van der Waals surface area contributed by atoms with E-state index < -0.39 is 11.7 Å². The number of carbonyl (C=O) groups is 1. The third kappa shape index (κ3) is 6.47. The highest BCUT2D eigenvalue weighted by atomic mass is 16.6. The number of nitrogens with zero attached hydrogens (tertiary/aromatic N) is 1. The van der Waals surface area contributed by atoms with E-state index in [2.05, 4.69) is 4.99 Å². The van der Waals surface area contributed by atoms with Crippen LogP contribution in [-0.2, 0) is 11.2 Å². The van der Waals surface area contributed by atoms with Crippen molar-refractivity contribution >= 4 is 23.7 Å². The summed E-state index contributed by atoms with van der Waals surface area (Å²) >= 11 is 0. The molecule has 1 amide bonds. The number of ether oxygens (including phenoxy) is 2. The molecule has 0 radical (unpaired) electrons. The number of amides is 1. The Bertz CT molecular complexity index is 795. The van der Waals surface area contributed by atoms with Crippen molar-refractivity contribution in [2.24, 2.45) is 4.99 Å². The van der Waals surface area contributed by atoms with Crippen LogP contribution in [0.15, 0.2) is 47.5 Å². The van der Waals surface area contributed by atoms with E-state index >= 15 is 0 Å². The lowest BCUT2D eigenvalue weighted by atomic mass is 10.0. The molecular weight excluding hydrogens is 330 g/mol. The van der Waals surface area contributed by atoms with Gasteiger partial charge in [-0.05, 0) is 56.2 Å². The summed E-state index contributed by atoms with van der Waals surface area (Å²) in [4.78, 5) is 15.6. The summed E-state index contributed by atoms with van der Waals surface area (Å²) in [6, 6.07) is 12.7. The molecule has 0 saturated carbocycles. The molecule has 0 aromatic heterocycles. The average molecular weight is 355 g/mol.